The average molecular weight is 132 g/mol. The lowest BCUT2D eigenvalue weighted by molar-refractivity contribution is 0.558. The van der Waals surface area contributed by atoms with Crippen LogP contribution in [0.2, 0.25) is 0 Å². The molecular weight excluding hydrogens is 128 g/mol. The van der Waals surface area contributed by atoms with Crippen molar-refractivity contribution in [2.45, 2.75) is 9.79 Å². The molecule has 0 amide bonds. The van der Waals surface area contributed by atoms with Crippen LogP contribution in [0.5, 0.6) is 0 Å². The summed E-state index contributed by atoms with van der Waals surface area (Å²) < 4.78 is 4.69. The van der Waals surface area contributed by atoms with Gasteiger partial charge in [-0.2, -0.15) is 0 Å². The maximum atomic E-state index is 4.69. The quantitative estimate of drug-likeness (QED) is 0.514. The van der Waals surface area contributed by atoms with Gasteiger partial charge in [0.1, 0.15) is 12.5 Å². The number of rotatable bonds is 0. The lowest BCUT2D eigenvalue weighted by Crippen LogP contribution is -1.50. The molecule has 1 heterocycles. The molecule has 0 atom stereocenters. The van der Waals surface area contributed by atoms with Crippen LogP contribution in [0.3, 0.4) is 0 Å². The monoisotopic (exact) mass is 132 g/mol. The van der Waals surface area contributed by atoms with E-state index in [1.807, 2.05) is 0 Å². The lowest BCUT2D eigenvalue weighted by Gasteiger charge is -1.74. The van der Waals surface area contributed by atoms with Gasteiger partial charge in [-0.3, -0.25) is 0 Å². The predicted molar refractivity (Wildman–Crippen MR) is 33.2 cm³/mol. The van der Waals surface area contributed by atoms with Crippen molar-refractivity contribution in [2.24, 2.45) is 0 Å². The van der Waals surface area contributed by atoms with Crippen LogP contribution in [0.15, 0.2) is 26.7 Å². The molecule has 0 radical (unpaired) electrons. The fraction of sp³-hybridized carbons (Fsp3) is 0. The first-order valence-corrected chi connectivity index (χ1v) is 2.64. The normalized spacial score (nSPS) is 9.43. The summed E-state index contributed by atoms with van der Waals surface area (Å²) in [4.78, 5) is 1.56. The average Bonchev–Trinajstić information content (AvgIpc) is 1.91. The molecule has 0 bridgehead atoms. The van der Waals surface area contributed by atoms with Crippen LogP contribution in [0.25, 0.3) is 0 Å². The Kier molecular flexibility index (Phi) is 1.35. The summed E-state index contributed by atoms with van der Waals surface area (Å²) in [7, 11) is 0. The molecule has 0 aromatic carbocycles. The molecule has 38 valence electrons. The van der Waals surface area contributed by atoms with Gasteiger partial charge in [0, 0.05) is 0 Å². The van der Waals surface area contributed by atoms with Crippen molar-refractivity contribution in [3.05, 3.63) is 12.5 Å². The second-order valence-electron chi connectivity index (χ2n) is 1.14. The van der Waals surface area contributed by atoms with E-state index in [1.54, 1.807) is 0 Å². The molecule has 0 saturated heterocycles. The molecule has 0 aliphatic carbocycles. The van der Waals surface area contributed by atoms with Crippen LogP contribution in [0.1, 0.15) is 0 Å². The highest BCUT2D eigenvalue weighted by atomic mass is 32.1. The fourth-order valence-corrected chi connectivity index (χ4v) is 0.511. The summed E-state index contributed by atoms with van der Waals surface area (Å²) in [6, 6.07) is 0. The number of hydrogen-bond acceptors (Lipinski definition) is 3. The number of thiol groups is 2. The van der Waals surface area contributed by atoms with Crippen molar-refractivity contribution in [1.82, 2.24) is 0 Å². The summed E-state index contributed by atoms with van der Waals surface area (Å²) in [5, 5.41) is 0. The van der Waals surface area contributed by atoms with Gasteiger partial charge >= 0.3 is 0 Å². The molecule has 0 fully saturated rings. The molecule has 3 heteroatoms. The van der Waals surface area contributed by atoms with Gasteiger partial charge in [0.2, 0.25) is 0 Å². The highest BCUT2D eigenvalue weighted by Crippen LogP contribution is 2.17. The van der Waals surface area contributed by atoms with Gasteiger partial charge in [0.15, 0.2) is 0 Å². The van der Waals surface area contributed by atoms with Gasteiger partial charge in [-0.05, 0) is 0 Å². The summed E-state index contributed by atoms with van der Waals surface area (Å²) in [6.45, 7) is 0. The minimum atomic E-state index is 0.781. The van der Waals surface area contributed by atoms with E-state index in [0.717, 1.165) is 9.79 Å². The van der Waals surface area contributed by atoms with Crippen molar-refractivity contribution in [2.75, 3.05) is 0 Å². The van der Waals surface area contributed by atoms with Gasteiger partial charge in [0.25, 0.3) is 0 Å². The molecule has 1 aromatic rings. The minimum Gasteiger partial charge on any atom is -0.470 e. The van der Waals surface area contributed by atoms with E-state index in [1.165, 1.54) is 12.5 Å². The molecule has 0 aliphatic heterocycles. The van der Waals surface area contributed by atoms with Crippen LogP contribution in [0.4, 0.5) is 0 Å². The standard InChI is InChI=1S/C4H4OS2/c6-3-1-5-2-4(3)7/h1-2,6-7H. The minimum absolute atomic E-state index is 0.781. The topological polar surface area (TPSA) is 13.1 Å². The van der Waals surface area contributed by atoms with Gasteiger partial charge < -0.3 is 4.42 Å². The van der Waals surface area contributed by atoms with E-state index in [0.29, 0.717) is 0 Å². The van der Waals surface area contributed by atoms with Crippen molar-refractivity contribution in [3.8, 4) is 0 Å². The summed E-state index contributed by atoms with van der Waals surface area (Å²) in [5.41, 5.74) is 0. The Morgan fingerprint density at radius 2 is 1.57 bits per heavy atom. The SMILES string of the molecule is Sc1cocc1S. The fourth-order valence-electron chi connectivity index (χ4n) is 0.284. The summed E-state index contributed by atoms with van der Waals surface area (Å²) in [6.07, 6.45) is 3.07. The molecule has 0 aliphatic rings. The predicted octanol–water partition coefficient (Wildman–Crippen LogP) is 1.86. The Bertz CT molecular complexity index is 142. The Balaban J connectivity index is 3.12. The third-order valence-corrected chi connectivity index (χ3v) is 1.49. The largest absolute Gasteiger partial charge is 0.470 e. The van der Waals surface area contributed by atoms with Gasteiger partial charge in [-0.25, -0.2) is 0 Å². The van der Waals surface area contributed by atoms with E-state index in [9.17, 15) is 0 Å². The second kappa shape index (κ2) is 1.84. The Labute approximate surface area is 52.5 Å². The maximum absolute atomic E-state index is 4.69. The van der Waals surface area contributed by atoms with Crippen LogP contribution >= 0.6 is 25.3 Å². The van der Waals surface area contributed by atoms with Crippen molar-refractivity contribution >= 4 is 25.3 Å². The van der Waals surface area contributed by atoms with E-state index >= 15 is 0 Å². The molecule has 1 rings (SSSR count). The molecule has 0 unspecified atom stereocenters. The molecule has 0 saturated carbocycles. The van der Waals surface area contributed by atoms with Crippen molar-refractivity contribution in [1.29, 1.82) is 0 Å². The summed E-state index contributed by atoms with van der Waals surface area (Å²) >= 11 is 7.96. The van der Waals surface area contributed by atoms with Gasteiger partial charge in [-0.15, -0.1) is 25.3 Å². The first kappa shape index (κ1) is 5.12. The van der Waals surface area contributed by atoms with Crippen molar-refractivity contribution < 1.29 is 4.42 Å². The Morgan fingerprint density at radius 3 is 1.71 bits per heavy atom. The molecular formula is C4H4OS2. The van der Waals surface area contributed by atoms with Crippen LogP contribution in [-0.4, -0.2) is 0 Å². The molecule has 7 heavy (non-hydrogen) atoms. The third kappa shape index (κ3) is 0.951. The van der Waals surface area contributed by atoms with Gasteiger partial charge in [0.05, 0.1) is 9.79 Å². The molecule has 1 nitrogen and oxygen atoms in total. The molecule has 1 aromatic heterocycles. The molecule has 0 spiro atoms. The van der Waals surface area contributed by atoms with Crippen LogP contribution < -0.4 is 0 Å². The zero-order chi connectivity index (χ0) is 5.28. The van der Waals surface area contributed by atoms with E-state index in [4.69, 9.17) is 4.42 Å². The Morgan fingerprint density at radius 1 is 1.14 bits per heavy atom. The zero-order valence-electron chi connectivity index (χ0n) is 3.46. The first-order chi connectivity index (χ1) is 3.30. The van der Waals surface area contributed by atoms with Crippen molar-refractivity contribution in [3.63, 3.8) is 0 Å². The summed E-state index contributed by atoms with van der Waals surface area (Å²) in [5.74, 6) is 0. The first-order valence-electron chi connectivity index (χ1n) is 1.75. The highest BCUT2D eigenvalue weighted by molar-refractivity contribution is 7.83. The lowest BCUT2D eigenvalue weighted by atomic mass is 10.7. The zero-order valence-corrected chi connectivity index (χ0v) is 5.25. The van der Waals surface area contributed by atoms with Crippen LogP contribution in [-0.2, 0) is 0 Å². The van der Waals surface area contributed by atoms with E-state index in [2.05, 4.69) is 25.3 Å². The smallest absolute Gasteiger partial charge is 0.105 e. The maximum Gasteiger partial charge on any atom is 0.105 e. The second-order valence-corrected chi connectivity index (χ2v) is 2.11. The highest BCUT2D eigenvalue weighted by Gasteiger charge is 1.91. The number of furan rings is 1. The van der Waals surface area contributed by atoms with Crippen LogP contribution in [0, 0.1) is 0 Å². The number of hydrogen-bond donors (Lipinski definition) is 2. The van der Waals surface area contributed by atoms with E-state index < -0.39 is 0 Å². The van der Waals surface area contributed by atoms with E-state index in [-0.39, 0.29) is 0 Å². The third-order valence-electron chi connectivity index (χ3n) is 0.622. The molecule has 0 N–H and O–H groups in total. The Hall–Kier alpha value is -0.0200. The van der Waals surface area contributed by atoms with Gasteiger partial charge in [-0.1, -0.05) is 0 Å².